The molecule has 1 amide bonds. The molecule has 1 unspecified atom stereocenters. The van der Waals surface area contributed by atoms with E-state index in [0.717, 1.165) is 6.42 Å². The molecule has 0 saturated heterocycles. The molecule has 4 heteroatoms. The highest BCUT2D eigenvalue weighted by Crippen LogP contribution is 2.09. The molecule has 0 radical (unpaired) electrons. The fraction of sp³-hybridized carbons (Fsp3) is 0.500. The van der Waals surface area contributed by atoms with Gasteiger partial charge in [0.2, 0.25) is 5.91 Å². The molecule has 1 aromatic rings. The van der Waals surface area contributed by atoms with Crippen molar-refractivity contribution in [3.05, 3.63) is 35.4 Å². The van der Waals surface area contributed by atoms with Crippen molar-refractivity contribution in [2.45, 2.75) is 25.9 Å². The average Bonchev–Trinajstić information content (AvgIpc) is 2.36. The molecule has 18 heavy (non-hydrogen) atoms. The summed E-state index contributed by atoms with van der Waals surface area (Å²) in [5.41, 5.74) is 2.38. The summed E-state index contributed by atoms with van der Waals surface area (Å²) in [6, 6.07) is 8.03. The molecule has 1 aromatic carbocycles. The second-order valence-corrected chi connectivity index (χ2v) is 4.34. The Morgan fingerprint density at radius 1 is 1.44 bits per heavy atom. The van der Waals surface area contributed by atoms with E-state index in [2.05, 4.69) is 5.32 Å². The summed E-state index contributed by atoms with van der Waals surface area (Å²) < 4.78 is 4.78. The molecule has 0 aromatic heterocycles. The van der Waals surface area contributed by atoms with Gasteiger partial charge < -0.3 is 15.2 Å². The van der Waals surface area contributed by atoms with E-state index in [4.69, 9.17) is 4.74 Å². The predicted molar refractivity (Wildman–Crippen MR) is 70.4 cm³/mol. The van der Waals surface area contributed by atoms with E-state index in [-0.39, 0.29) is 19.1 Å². The minimum atomic E-state index is -0.641. The Bertz CT molecular complexity index is 379. The van der Waals surface area contributed by atoms with E-state index < -0.39 is 6.10 Å². The number of rotatable bonds is 7. The SMILES string of the molecule is COCC(O)CNC(=O)CCc1ccccc1C. The largest absolute Gasteiger partial charge is 0.389 e. The number of hydrogen-bond donors (Lipinski definition) is 2. The maximum absolute atomic E-state index is 11.6. The molecule has 0 aliphatic heterocycles. The average molecular weight is 251 g/mol. The minimum Gasteiger partial charge on any atom is -0.389 e. The summed E-state index contributed by atoms with van der Waals surface area (Å²) in [5.74, 6) is -0.0478. The van der Waals surface area contributed by atoms with Crippen molar-refractivity contribution in [2.24, 2.45) is 0 Å². The highest BCUT2D eigenvalue weighted by molar-refractivity contribution is 5.76. The predicted octanol–water partition coefficient (Wildman–Crippen LogP) is 1.05. The molecule has 0 saturated carbocycles. The number of ether oxygens (including phenoxy) is 1. The molecule has 0 heterocycles. The molecule has 0 fully saturated rings. The van der Waals surface area contributed by atoms with Crippen molar-refractivity contribution in [1.82, 2.24) is 5.32 Å². The van der Waals surface area contributed by atoms with Crippen LogP contribution in [0.3, 0.4) is 0 Å². The molecule has 0 aliphatic rings. The van der Waals surface area contributed by atoms with Gasteiger partial charge in [0.25, 0.3) is 0 Å². The van der Waals surface area contributed by atoms with E-state index in [9.17, 15) is 9.90 Å². The lowest BCUT2D eigenvalue weighted by Crippen LogP contribution is -2.34. The Labute approximate surface area is 108 Å². The molecule has 0 bridgehead atoms. The number of carbonyl (C=O) groups is 1. The van der Waals surface area contributed by atoms with Gasteiger partial charge >= 0.3 is 0 Å². The maximum atomic E-state index is 11.6. The normalized spacial score (nSPS) is 12.2. The van der Waals surface area contributed by atoms with Gasteiger partial charge in [0, 0.05) is 20.1 Å². The number of benzene rings is 1. The van der Waals surface area contributed by atoms with Gasteiger partial charge in [0.1, 0.15) is 0 Å². The molecule has 2 N–H and O–H groups in total. The van der Waals surface area contributed by atoms with Gasteiger partial charge in [-0.15, -0.1) is 0 Å². The van der Waals surface area contributed by atoms with Crippen molar-refractivity contribution in [2.75, 3.05) is 20.3 Å². The smallest absolute Gasteiger partial charge is 0.220 e. The second kappa shape index (κ2) is 7.84. The van der Waals surface area contributed by atoms with Crippen LogP contribution in [0.5, 0.6) is 0 Å². The lowest BCUT2D eigenvalue weighted by atomic mass is 10.0. The van der Waals surface area contributed by atoms with E-state index in [0.29, 0.717) is 6.42 Å². The summed E-state index contributed by atoms with van der Waals surface area (Å²) in [6.07, 6.45) is 0.515. The Kier molecular flexibility index (Phi) is 6.39. The lowest BCUT2D eigenvalue weighted by Gasteiger charge is -2.11. The second-order valence-electron chi connectivity index (χ2n) is 4.34. The third kappa shape index (κ3) is 5.29. The number of aliphatic hydroxyl groups is 1. The van der Waals surface area contributed by atoms with Gasteiger partial charge in [-0.25, -0.2) is 0 Å². The maximum Gasteiger partial charge on any atom is 0.220 e. The Morgan fingerprint density at radius 3 is 2.83 bits per heavy atom. The highest BCUT2D eigenvalue weighted by Gasteiger charge is 2.07. The summed E-state index contributed by atoms with van der Waals surface area (Å²) in [7, 11) is 1.52. The summed E-state index contributed by atoms with van der Waals surface area (Å²) >= 11 is 0. The Morgan fingerprint density at radius 2 is 2.17 bits per heavy atom. The lowest BCUT2D eigenvalue weighted by molar-refractivity contribution is -0.121. The third-order valence-corrected chi connectivity index (χ3v) is 2.78. The van der Waals surface area contributed by atoms with Crippen LogP contribution in [0.1, 0.15) is 17.5 Å². The van der Waals surface area contributed by atoms with Crippen molar-refractivity contribution < 1.29 is 14.6 Å². The number of hydrogen-bond acceptors (Lipinski definition) is 3. The molecule has 0 spiro atoms. The molecule has 1 atom stereocenters. The first-order chi connectivity index (χ1) is 8.63. The van der Waals surface area contributed by atoms with Crippen LogP contribution in [-0.2, 0) is 16.0 Å². The molecule has 4 nitrogen and oxygen atoms in total. The zero-order valence-electron chi connectivity index (χ0n) is 11.0. The number of amides is 1. The topological polar surface area (TPSA) is 58.6 Å². The van der Waals surface area contributed by atoms with Crippen LogP contribution in [0.2, 0.25) is 0 Å². The van der Waals surface area contributed by atoms with Crippen LogP contribution in [0, 0.1) is 6.92 Å². The van der Waals surface area contributed by atoms with E-state index in [1.54, 1.807) is 0 Å². The van der Waals surface area contributed by atoms with Crippen molar-refractivity contribution in [3.8, 4) is 0 Å². The number of aliphatic hydroxyl groups excluding tert-OH is 1. The number of aryl methyl sites for hydroxylation is 2. The standard InChI is InChI=1S/C14H21NO3/c1-11-5-3-4-6-12(11)7-8-14(17)15-9-13(16)10-18-2/h3-6,13,16H,7-10H2,1-2H3,(H,15,17). The van der Waals surface area contributed by atoms with Crippen molar-refractivity contribution >= 4 is 5.91 Å². The van der Waals surface area contributed by atoms with Gasteiger partial charge in [-0.05, 0) is 24.5 Å². The van der Waals surface area contributed by atoms with Crippen molar-refractivity contribution in [1.29, 1.82) is 0 Å². The highest BCUT2D eigenvalue weighted by atomic mass is 16.5. The number of nitrogens with one attached hydrogen (secondary N) is 1. The van der Waals surface area contributed by atoms with Crippen LogP contribution < -0.4 is 5.32 Å². The minimum absolute atomic E-state index is 0.0478. The van der Waals surface area contributed by atoms with E-state index >= 15 is 0 Å². The quantitative estimate of drug-likeness (QED) is 0.761. The first-order valence-corrected chi connectivity index (χ1v) is 6.11. The van der Waals surface area contributed by atoms with Crippen LogP contribution in [-0.4, -0.2) is 37.4 Å². The monoisotopic (exact) mass is 251 g/mol. The van der Waals surface area contributed by atoms with E-state index in [1.165, 1.54) is 18.2 Å². The third-order valence-electron chi connectivity index (χ3n) is 2.78. The van der Waals surface area contributed by atoms with Crippen LogP contribution in [0.15, 0.2) is 24.3 Å². The molecule has 0 aliphatic carbocycles. The van der Waals surface area contributed by atoms with Crippen LogP contribution in [0.25, 0.3) is 0 Å². The summed E-state index contributed by atoms with van der Waals surface area (Å²) in [4.78, 5) is 11.6. The fourth-order valence-electron chi connectivity index (χ4n) is 1.71. The van der Waals surface area contributed by atoms with E-state index in [1.807, 2.05) is 31.2 Å². The molecule has 100 valence electrons. The van der Waals surface area contributed by atoms with Crippen LogP contribution >= 0.6 is 0 Å². The zero-order chi connectivity index (χ0) is 13.4. The van der Waals surface area contributed by atoms with Gasteiger partial charge in [-0.2, -0.15) is 0 Å². The Balaban J connectivity index is 2.27. The summed E-state index contributed by atoms with van der Waals surface area (Å²) in [6.45, 7) is 2.51. The van der Waals surface area contributed by atoms with Gasteiger partial charge in [-0.1, -0.05) is 24.3 Å². The van der Waals surface area contributed by atoms with Gasteiger partial charge in [0.15, 0.2) is 0 Å². The fourth-order valence-corrected chi connectivity index (χ4v) is 1.71. The van der Waals surface area contributed by atoms with Crippen molar-refractivity contribution in [3.63, 3.8) is 0 Å². The zero-order valence-corrected chi connectivity index (χ0v) is 11.0. The molecular formula is C14H21NO3. The first kappa shape index (κ1) is 14.7. The van der Waals surface area contributed by atoms with Crippen LogP contribution in [0.4, 0.5) is 0 Å². The molecule has 1 rings (SSSR count). The number of carbonyl (C=O) groups excluding carboxylic acids is 1. The molecular weight excluding hydrogens is 230 g/mol. The first-order valence-electron chi connectivity index (χ1n) is 6.11. The Hall–Kier alpha value is -1.39. The van der Waals surface area contributed by atoms with Gasteiger partial charge in [-0.3, -0.25) is 4.79 Å². The summed E-state index contributed by atoms with van der Waals surface area (Å²) in [5, 5.41) is 12.1. The number of methoxy groups -OCH3 is 1. The van der Waals surface area contributed by atoms with Gasteiger partial charge in [0.05, 0.1) is 12.7 Å².